The van der Waals surface area contributed by atoms with Gasteiger partial charge in [0.15, 0.2) is 21.1 Å². The van der Waals surface area contributed by atoms with Gasteiger partial charge < -0.3 is 24.3 Å². The number of furan rings is 1. The highest BCUT2D eigenvalue weighted by Gasteiger charge is 2.33. The molecule has 1 fully saturated rings. The van der Waals surface area contributed by atoms with E-state index in [1.165, 1.54) is 9.69 Å². The third-order valence-electron chi connectivity index (χ3n) is 6.28. The fraction of sp³-hybridized carbons (Fsp3) is 0.565. The number of nitrogens with one attached hydrogen (secondary N) is 2. The van der Waals surface area contributed by atoms with Crippen LogP contribution in [0.3, 0.4) is 0 Å². The van der Waals surface area contributed by atoms with Crippen molar-refractivity contribution in [1.82, 2.24) is 18.0 Å². The van der Waals surface area contributed by atoms with Crippen molar-refractivity contribution in [3.63, 3.8) is 0 Å². The van der Waals surface area contributed by atoms with Crippen LogP contribution in [0.4, 0.5) is 11.5 Å². The van der Waals surface area contributed by atoms with E-state index in [9.17, 15) is 18.1 Å². The highest BCUT2D eigenvalue weighted by molar-refractivity contribution is 7.91. The van der Waals surface area contributed by atoms with Crippen LogP contribution in [0.2, 0.25) is 0 Å². The number of piperazine rings is 1. The van der Waals surface area contributed by atoms with Crippen LogP contribution in [-0.2, 0) is 15.4 Å². The van der Waals surface area contributed by atoms with Gasteiger partial charge in [0.05, 0.1) is 12.0 Å². The number of nitrogens with zero attached hydrogens (tertiary/aromatic N) is 4. The lowest BCUT2D eigenvalue weighted by molar-refractivity contribution is 0.222. The summed E-state index contributed by atoms with van der Waals surface area (Å²) in [5.41, 5.74) is 1.34. The molecule has 0 aliphatic carbocycles. The second-order valence-corrected chi connectivity index (χ2v) is 14.5. The van der Waals surface area contributed by atoms with Crippen molar-refractivity contribution < 1.29 is 22.5 Å². The molecule has 204 valence electrons. The highest BCUT2D eigenvalue weighted by Crippen LogP contribution is 2.40. The largest absolute Gasteiger partial charge is 0.548 e. The van der Waals surface area contributed by atoms with Gasteiger partial charge in [0.1, 0.15) is 11.8 Å². The molecule has 1 saturated heterocycles. The normalized spacial score (nSPS) is 18.1. The van der Waals surface area contributed by atoms with E-state index >= 15 is 0 Å². The van der Waals surface area contributed by atoms with Gasteiger partial charge >= 0.3 is 0 Å². The molecule has 0 aromatic carbocycles. The predicted octanol–water partition coefficient (Wildman–Crippen LogP) is 3.77. The average molecular weight is 571 g/mol. The van der Waals surface area contributed by atoms with Gasteiger partial charge in [-0.15, -0.1) is 15.7 Å². The van der Waals surface area contributed by atoms with Crippen LogP contribution in [0.5, 0.6) is 5.75 Å². The van der Waals surface area contributed by atoms with Gasteiger partial charge in [0.2, 0.25) is 11.3 Å². The molecule has 0 radical (unpaired) electrons. The number of hydrogen-bond acceptors (Lipinski definition) is 10. The van der Waals surface area contributed by atoms with E-state index in [0.717, 1.165) is 16.9 Å². The number of thiophene rings is 1. The van der Waals surface area contributed by atoms with Gasteiger partial charge in [-0.3, -0.25) is 0 Å². The monoisotopic (exact) mass is 570 g/mol. The molecule has 37 heavy (non-hydrogen) atoms. The zero-order valence-electron chi connectivity index (χ0n) is 21.8. The van der Waals surface area contributed by atoms with Crippen LogP contribution in [-0.4, -0.2) is 69.3 Å². The summed E-state index contributed by atoms with van der Waals surface area (Å²) in [6.45, 7) is 12.2. The molecule has 4 rings (SSSR count). The Kier molecular flexibility index (Phi) is 7.89. The molecule has 0 amide bonds. The summed E-state index contributed by atoms with van der Waals surface area (Å²) >= 11 is -0.849. The SMILES string of the molecule is CC(C)[C@@H](N=c1[nH][s+]([O-])nc1Nc1csc(S(=O)(=O)N2CCN(C)CC2)c1O)c1cc(C(C)(C)C)co1. The molecule has 0 saturated carbocycles. The molecule has 14 heteroatoms. The van der Waals surface area contributed by atoms with Crippen molar-refractivity contribution in [2.24, 2.45) is 10.9 Å². The van der Waals surface area contributed by atoms with E-state index in [1.807, 2.05) is 27.0 Å². The fourth-order valence-corrected chi connectivity index (χ4v) is 7.37. The molecule has 1 unspecified atom stereocenters. The van der Waals surface area contributed by atoms with Gasteiger partial charge in [-0.1, -0.05) is 34.6 Å². The smallest absolute Gasteiger partial charge is 0.256 e. The number of H-pyrrole nitrogens is 1. The number of aromatic amines is 1. The lowest BCUT2D eigenvalue weighted by Gasteiger charge is -2.31. The second-order valence-electron chi connectivity index (χ2n) is 10.6. The van der Waals surface area contributed by atoms with Gasteiger partial charge in [0.25, 0.3) is 10.0 Å². The molecule has 1 aliphatic rings. The Bertz CT molecular complexity index is 1400. The topological polar surface area (TPSA) is 150 Å². The first-order valence-corrected chi connectivity index (χ1v) is 15.4. The zero-order valence-corrected chi connectivity index (χ0v) is 24.3. The van der Waals surface area contributed by atoms with Gasteiger partial charge in [0, 0.05) is 35.9 Å². The summed E-state index contributed by atoms with van der Waals surface area (Å²) in [5, 5.41) is 15.2. The second kappa shape index (κ2) is 10.5. The van der Waals surface area contributed by atoms with Gasteiger partial charge in [-0.2, -0.15) is 4.31 Å². The molecule has 0 spiro atoms. The molecule has 11 nitrogen and oxygen atoms in total. The maximum atomic E-state index is 13.1. The number of rotatable bonds is 7. The van der Waals surface area contributed by atoms with Crippen molar-refractivity contribution in [3.05, 3.63) is 34.5 Å². The Hall–Kier alpha value is -2.23. The summed E-state index contributed by atoms with van der Waals surface area (Å²) in [5.74, 6) is 0.469. The number of hydrogen-bond donors (Lipinski definition) is 3. The number of sulfonamides is 1. The van der Waals surface area contributed by atoms with E-state index in [0.29, 0.717) is 31.9 Å². The minimum absolute atomic E-state index is 0.0541. The lowest BCUT2D eigenvalue weighted by Crippen LogP contribution is -2.46. The summed E-state index contributed by atoms with van der Waals surface area (Å²) < 4.78 is 52.4. The van der Waals surface area contributed by atoms with Crippen LogP contribution in [0.1, 0.15) is 52.0 Å². The van der Waals surface area contributed by atoms with Crippen LogP contribution in [0.15, 0.2) is 31.3 Å². The molecular weight excluding hydrogens is 536 g/mol. The number of likely N-dealkylation sites (N-methyl/N-ethyl adjacent to an activating group) is 1. The fourth-order valence-electron chi connectivity index (χ4n) is 3.91. The summed E-state index contributed by atoms with van der Waals surface area (Å²) in [6.07, 6.45) is 1.73. The minimum atomic E-state index is -3.85. The van der Waals surface area contributed by atoms with Crippen molar-refractivity contribution in [1.29, 1.82) is 0 Å². The van der Waals surface area contributed by atoms with Crippen molar-refractivity contribution in [3.8, 4) is 5.75 Å². The van der Waals surface area contributed by atoms with Crippen molar-refractivity contribution in [2.45, 2.75) is 50.3 Å². The summed E-state index contributed by atoms with van der Waals surface area (Å²) in [7, 11) is -1.91. The van der Waals surface area contributed by atoms with Crippen LogP contribution in [0, 0.1) is 5.92 Å². The predicted molar refractivity (Wildman–Crippen MR) is 143 cm³/mol. The molecule has 3 N–H and O–H groups in total. The van der Waals surface area contributed by atoms with Crippen molar-refractivity contribution in [2.75, 3.05) is 38.5 Å². The minimum Gasteiger partial charge on any atom is -0.548 e. The van der Waals surface area contributed by atoms with E-state index < -0.39 is 26.9 Å². The highest BCUT2D eigenvalue weighted by atomic mass is 32.2. The van der Waals surface area contributed by atoms with Crippen LogP contribution in [0.25, 0.3) is 0 Å². The summed E-state index contributed by atoms with van der Waals surface area (Å²) in [6, 6.07) is 1.59. The van der Waals surface area contributed by atoms with E-state index in [4.69, 9.17) is 9.41 Å². The first-order valence-electron chi connectivity index (χ1n) is 12.0. The Morgan fingerprint density at radius 2 is 1.97 bits per heavy atom. The van der Waals surface area contributed by atoms with Crippen molar-refractivity contribution >= 4 is 44.0 Å². The molecule has 1 aliphatic heterocycles. The first-order chi connectivity index (χ1) is 17.3. The van der Waals surface area contributed by atoms with E-state index in [2.05, 4.69) is 39.7 Å². The molecule has 3 aromatic heterocycles. The van der Waals surface area contributed by atoms with Gasteiger partial charge in [-0.05, 0) is 30.0 Å². The average Bonchev–Trinajstić information content (AvgIpc) is 3.52. The van der Waals surface area contributed by atoms with Gasteiger partial charge in [-0.25, -0.2) is 13.4 Å². The molecule has 3 aromatic rings. The Morgan fingerprint density at radius 3 is 2.57 bits per heavy atom. The lowest BCUT2D eigenvalue weighted by atomic mass is 9.88. The van der Waals surface area contributed by atoms with Crippen LogP contribution >= 0.6 is 22.5 Å². The van der Waals surface area contributed by atoms with E-state index in [1.54, 1.807) is 6.26 Å². The molecule has 4 heterocycles. The number of aromatic hydroxyl groups is 1. The maximum Gasteiger partial charge on any atom is 0.256 e. The Morgan fingerprint density at radius 1 is 1.30 bits per heavy atom. The number of aromatic nitrogens is 2. The summed E-state index contributed by atoms with van der Waals surface area (Å²) in [4.78, 5) is 6.80. The zero-order chi connectivity index (χ0) is 27.1. The molecular formula is C23H34N6O5S3. The maximum absolute atomic E-state index is 13.1. The van der Waals surface area contributed by atoms with E-state index in [-0.39, 0.29) is 38.6 Å². The molecule has 0 bridgehead atoms. The quantitative estimate of drug-likeness (QED) is 0.363. The Balaban J connectivity index is 1.64. The first kappa shape index (κ1) is 27.8. The third kappa shape index (κ3) is 5.94. The third-order valence-corrected chi connectivity index (χ3v) is 10.4. The molecule has 2 atom stereocenters. The Labute approximate surface area is 224 Å². The standard InChI is InChI=1S/C23H34N6O5S3/c1-14(2)18(17-11-15(12-34-17)23(3,4)5)25-21-20(26-36(31)27-21)24-16-13-35-22(19(16)30)37(32,33)29-9-7-28(6)8-10-29/h11-14,18,30H,7-10H2,1-6H3,(H,24,26)(H,25,27)/t18-,36?/m1/s1. The number of anilines is 2. The van der Waals surface area contributed by atoms with Crippen LogP contribution < -0.4 is 10.8 Å².